The molecule has 1 aliphatic rings. The number of carbonyl (C=O) groups excluding carboxylic acids is 1. The van der Waals surface area contributed by atoms with Crippen LogP contribution in [0.4, 0.5) is 11.4 Å². The van der Waals surface area contributed by atoms with Gasteiger partial charge in [0.25, 0.3) is 0 Å². The monoisotopic (exact) mass is 428 g/mol. The number of fused-ring (bicyclic) bond motifs is 1. The predicted molar refractivity (Wildman–Crippen MR) is 130 cm³/mol. The largest absolute Gasteiger partial charge is 0.508 e. The van der Waals surface area contributed by atoms with Crippen molar-refractivity contribution in [3.05, 3.63) is 77.4 Å². The van der Waals surface area contributed by atoms with Crippen LogP contribution >= 0.6 is 0 Å². The lowest BCUT2D eigenvalue weighted by Gasteiger charge is -2.35. The van der Waals surface area contributed by atoms with Crippen molar-refractivity contribution in [3.63, 3.8) is 0 Å². The summed E-state index contributed by atoms with van der Waals surface area (Å²) in [6.07, 6.45) is 1.74. The van der Waals surface area contributed by atoms with Crippen LogP contribution in [-0.4, -0.2) is 42.4 Å². The Hall–Kier alpha value is -3.64. The second-order valence-electron chi connectivity index (χ2n) is 8.27. The van der Waals surface area contributed by atoms with Crippen LogP contribution < -0.4 is 10.6 Å². The zero-order valence-electron chi connectivity index (χ0n) is 18.6. The maximum Gasteiger partial charge on any atom is 0.250 e. The van der Waals surface area contributed by atoms with Crippen LogP contribution in [0.25, 0.3) is 11.1 Å². The minimum atomic E-state index is -0.572. The molecule has 0 aliphatic carbocycles. The number of hydrogen-bond donors (Lipinski definition) is 2. The van der Waals surface area contributed by atoms with E-state index in [0.29, 0.717) is 13.1 Å². The Morgan fingerprint density at radius 1 is 1.06 bits per heavy atom. The lowest BCUT2D eigenvalue weighted by Crippen LogP contribution is -2.43. The van der Waals surface area contributed by atoms with E-state index in [1.54, 1.807) is 30.4 Å². The molecule has 0 aromatic heterocycles. The van der Waals surface area contributed by atoms with Gasteiger partial charge in [-0.15, -0.1) is 0 Å². The molecule has 1 heterocycles. The number of aliphatic imine (C=N–C) groups is 1. The molecule has 32 heavy (non-hydrogen) atoms. The van der Waals surface area contributed by atoms with Gasteiger partial charge in [0, 0.05) is 31.4 Å². The third-order valence-corrected chi connectivity index (χ3v) is 5.68. The summed E-state index contributed by atoms with van der Waals surface area (Å²) in [6.45, 7) is 4.95. The molecule has 1 atom stereocenters. The van der Waals surface area contributed by atoms with Crippen molar-refractivity contribution in [2.45, 2.75) is 19.9 Å². The van der Waals surface area contributed by atoms with Crippen LogP contribution in [0.5, 0.6) is 5.75 Å². The van der Waals surface area contributed by atoms with Gasteiger partial charge in [0.2, 0.25) is 5.91 Å². The number of carbonyl (C=O) groups is 1. The Bertz CT molecular complexity index is 1170. The van der Waals surface area contributed by atoms with Gasteiger partial charge in [-0.1, -0.05) is 24.3 Å². The van der Waals surface area contributed by atoms with E-state index in [1.165, 1.54) is 0 Å². The highest BCUT2D eigenvalue weighted by atomic mass is 16.3. The van der Waals surface area contributed by atoms with Crippen molar-refractivity contribution in [1.82, 2.24) is 4.90 Å². The number of aromatic hydroxyl groups is 1. The van der Waals surface area contributed by atoms with Gasteiger partial charge in [0.15, 0.2) is 0 Å². The molecule has 0 saturated heterocycles. The molecule has 6 nitrogen and oxygen atoms in total. The van der Waals surface area contributed by atoms with E-state index in [2.05, 4.69) is 23.2 Å². The number of likely N-dealkylation sites (N-methyl/N-ethyl adjacent to an activating group) is 1. The topological polar surface area (TPSA) is 82.2 Å². The summed E-state index contributed by atoms with van der Waals surface area (Å²) in [5.74, 6) is 0.153. The highest BCUT2D eigenvalue weighted by Gasteiger charge is 2.34. The number of phenolic OH excluding ortho intramolecular Hbond substituents is 1. The maximum atomic E-state index is 13.6. The Morgan fingerprint density at radius 2 is 1.78 bits per heavy atom. The van der Waals surface area contributed by atoms with Gasteiger partial charge in [0.05, 0.1) is 12.0 Å². The molecule has 0 spiro atoms. The number of phenols is 1. The molecule has 164 valence electrons. The minimum Gasteiger partial charge on any atom is -0.508 e. The number of hydrogen-bond acceptors (Lipinski definition) is 5. The van der Waals surface area contributed by atoms with Crippen LogP contribution in [0, 0.1) is 13.8 Å². The number of nitrogens with zero attached hydrogens (tertiary/aromatic N) is 3. The first-order chi connectivity index (χ1) is 15.4. The Morgan fingerprint density at radius 3 is 2.47 bits per heavy atom. The Labute approximate surface area is 188 Å². The molecule has 3 aromatic carbocycles. The van der Waals surface area contributed by atoms with E-state index >= 15 is 0 Å². The number of aryl methyl sites for hydroxylation is 2. The molecule has 1 amide bonds. The molecule has 6 heteroatoms. The van der Waals surface area contributed by atoms with Crippen molar-refractivity contribution in [1.29, 1.82) is 0 Å². The molecular formula is C26H28N4O2. The molecule has 3 aromatic rings. The Balaban J connectivity index is 1.85. The van der Waals surface area contributed by atoms with Gasteiger partial charge in [-0.25, -0.2) is 4.99 Å². The normalized spacial score (nSPS) is 14.9. The first kappa shape index (κ1) is 21.6. The van der Waals surface area contributed by atoms with Gasteiger partial charge in [-0.3, -0.25) is 4.79 Å². The van der Waals surface area contributed by atoms with Gasteiger partial charge < -0.3 is 20.6 Å². The first-order valence-electron chi connectivity index (χ1n) is 10.7. The summed E-state index contributed by atoms with van der Waals surface area (Å²) in [7, 11) is 1.78. The van der Waals surface area contributed by atoms with Crippen molar-refractivity contribution < 1.29 is 9.90 Å². The molecule has 0 radical (unpaired) electrons. The number of benzene rings is 3. The number of anilines is 1. The van der Waals surface area contributed by atoms with Crippen molar-refractivity contribution >= 4 is 23.6 Å². The standard InChI is InChI=1S/C26H28N4O2/c1-17-11-18(2)13-21(12-17)30-16-28-24-8-7-20(19-5-4-6-22(31)14-19)15-23(24)25(30)26(32)29(3)10-9-27/h4-8,11-16,25,31H,9-10,27H2,1-3H3. The molecule has 1 unspecified atom stereocenters. The summed E-state index contributed by atoms with van der Waals surface area (Å²) in [4.78, 5) is 21.9. The summed E-state index contributed by atoms with van der Waals surface area (Å²) < 4.78 is 0. The summed E-state index contributed by atoms with van der Waals surface area (Å²) >= 11 is 0. The average Bonchev–Trinajstić information content (AvgIpc) is 2.77. The molecule has 3 N–H and O–H groups in total. The third-order valence-electron chi connectivity index (χ3n) is 5.68. The number of nitrogens with two attached hydrogens (primary N) is 1. The van der Waals surface area contributed by atoms with Gasteiger partial charge in [-0.2, -0.15) is 0 Å². The molecule has 0 bridgehead atoms. The van der Waals surface area contributed by atoms with Crippen LogP contribution in [0.1, 0.15) is 22.7 Å². The molecule has 0 fully saturated rings. The quantitative estimate of drug-likeness (QED) is 0.634. The van der Waals surface area contributed by atoms with E-state index in [-0.39, 0.29) is 11.7 Å². The van der Waals surface area contributed by atoms with Crippen molar-refractivity contribution in [3.8, 4) is 16.9 Å². The smallest absolute Gasteiger partial charge is 0.250 e. The van der Waals surface area contributed by atoms with E-state index in [0.717, 1.165) is 39.2 Å². The summed E-state index contributed by atoms with van der Waals surface area (Å²) in [5, 5.41) is 9.92. The zero-order valence-corrected chi connectivity index (χ0v) is 18.6. The minimum absolute atomic E-state index is 0.0462. The average molecular weight is 429 g/mol. The fourth-order valence-electron chi connectivity index (χ4n) is 4.18. The lowest BCUT2D eigenvalue weighted by atomic mass is 9.94. The first-order valence-corrected chi connectivity index (χ1v) is 10.7. The number of rotatable bonds is 5. The van der Waals surface area contributed by atoms with Crippen LogP contribution in [0.15, 0.2) is 65.7 Å². The Kier molecular flexibility index (Phi) is 5.97. The van der Waals surface area contributed by atoms with E-state index in [1.807, 2.05) is 49.1 Å². The lowest BCUT2D eigenvalue weighted by molar-refractivity contribution is -0.131. The third kappa shape index (κ3) is 4.22. The van der Waals surface area contributed by atoms with Gasteiger partial charge >= 0.3 is 0 Å². The second kappa shape index (κ2) is 8.85. The molecule has 4 rings (SSSR count). The van der Waals surface area contributed by atoms with Crippen LogP contribution in [-0.2, 0) is 4.79 Å². The van der Waals surface area contributed by atoms with E-state index < -0.39 is 6.04 Å². The highest BCUT2D eigenvalue weighted by molar-refractivity contribution is 5.98. The van der Waals surface area contributed by atoms with Crippen LogP contribution in [0.2, 0.25) is 0 Å². The SMILES string of the molecule is Cc1cc(C)cc(N2C=Nc3ccc(-c4cccc(O)c4)cc3C2C(=O)N(C)CCN)c1. The van der Waals surface area contributed by atoms with Gasteiger partial charge in [-0.05, 0) is 72.5 Å². The van der Waals surface area contributed by atoms with E-state index in [4.69, 9.17) is 5.73 Å². The van der Waals surface area contributed by atoms with Crippen LogP contribution in [0.3, 0.4) is 0 Å². The second-order valence-corrected chi connectivity index (χ2v) is 8.27. The van der Waals surface area contributed by atoms with Crippen molar-refractivity contribution in [2.75, 3.05) is 25.0 Å². The maximum absolute atomic E-state index is 13.6. The van der Waals surface area contributed by atoms with Crippen molar-refractivity contribution in [2.24, 2.45) is 10.7 Å². The molecule has 0 saturated carbocycles. The number of amides is 1. The fourth-order valence-corrected chi connectivity index (χ4v) is 4.18. The van der Waals surface area contributed by atoms with Gasteiger partial charge in [0.1, 0.15) is 11.8 Å². The molecular weight excluding hydrogens is 400 g/mol. The highest BCUT2D eigenvalue weighted by Crippen LogP contribution is 2.40. The predicted octanol–water partition coefficient (Wildman–Crippen LogP) is 4.31. The fraction of sp³-hybridized carbons (Fsp3) is 0.231. The van der Waals surface area contributed by atoms with E-state index in [9.17, 15) is 9.90 Å². The zero-order chi connectivity index (χ0) is 22.8. The summed E-state index contributed by atoms with van der Waals surface area (Å²) in [5.41, 5.74) is 12.3. The summed E-state index contributed by atoms with van der Waals surface area (Å²) in [6, 6.07) is 18.6. The molecule has 1 aliphatic heterocycles.